The van der Waals surface area contributed by atoms with Crippen LogP contribution in [0.25, 0.3) is 11.0 Å². The van der Waals surface area contributed by atoms with Crippen LogP contribution in [0.4, 0.5) is 5.82 Å². The molecule has 3 atom stereocenters. The van der Waals surface area contributed by atoms with Crippen LogP contribution in [-0.2, 0) is 4.79 Å². The highest BCUT2D eigenvalue weighted by atomic mass is 16.5. The number of nitrogens with two attached hydrogens (primary N) is 1. The van der Waals surface area contributed by atoms with Gasteiger partial charge in [0, 0.05) is 19.0 Å². The third kappa shape index (κ3) is 3.72. The summed E-state index contributed by atoms with van der Waals surface area (Å²) in [6, 6.07) is 9.80. The van der Waals surface area contributed by atoms with E-state index in [4.69, 9.17) is 15.6 Å². The number of aromatic nitrogens is 4. The van der Waals surface area contributed by atoms with Crippen LogP contribution in [0, 0.1) is 5.92 Å². The van der Waals surface area contributed by atoms with E-state index >= 15 is 0 Å². The molecule has 5 rings (SSSR count). The molecule has 8 heteroatoms. The molecule has 2 aromatic heterocycles. The summed E-state index contributed by atoms with van der Waals surface area (Å²) in [4.78, 5) is 21.9. The lowest BCUT2D eigenvalue weighted by Crippen LogP contribution is -2.36. The zero-order valence-electron chi connectivity index (χ0n) is 18.0. The van der Waals surface area contributed by atoms with Gasteiger partial charge in [0.1, 0.15) is 23.7 Å². The lowest BCUT2D eigenvalue weighted by Gasteiger charge is -2.30. The average molecular weight is 431 g/mol. The second-order valence-electron chi connectivity index (χ2n) is 8.41. The molecule has 8 nitrogen and oxygen atoms in total. The number of anilines is 1. The summed E-state index contributed by atoms with van der Waals surface area (Å²) in [5, 5.41) is 5.79. The predicted molar refractivity (Wildman–Crippen MR) is 122 cm³/mol. The van der Waals surface area contributed by atoms with Gasteiger partial charge in [0.15, 0.2) is 5.65 Å². The van der Waals surface area contributed by atoms with E-state index in [0.29, 0.717) is 12.4 Å². The second kappa shape index (κ2) is 8.45. The Labute approximate surface area is 186 Å². The number of nitrogens with zero attached hydrogens (tertiary/aromatic N) is 5. The summed E-state index contributed by atoms with van der Waals surface area (Å²) >= 11 is 0. The lowest BCUT2D eigenvalue weighted by molar-refractivity contribution is -0.119. The molecule has 3 aromatic rings. The summed E-state index contributed by atoms with van der Waals surface area (Å²) in [6.07, 6.45) is 10.5. The highest BCUT2D eigenvalue weighted by Crippen LogP contribution is 2.38. The Morgan fingerprint density at radius 3 is 2.84 bits per heavy atom. The van der Waals surface area contributed by atoms with E-state index in [1.54, 1.807) is 4.90 Å². The summed E-state index contributed by atoms with van der Waals surface area (Å²) in [5.74, 6) is 2.19. The highest BCUT2D eigenvalue weighted by molar-refractivity contribution is 5.89. The van der Waals surface area contributed by atoms with Crippen LogP contribution in [0.15, 0.2) is 60.6 Å². The van der Waals surface area contributed by atoms with Gasteiger partial charge in [0.2, 0.25) is 6.41 Å². The van der Waals surface area contributed by atoms with Gasteiger partial charge in [0.05, 0.1) is 17.1 Å². The van der Waals surface area contributed by atoms with Crippen LogP contribution in [0.1, 0.15) is 37.4 Å². The normalized spacial score (nSPS) is 23.2. The molecule has 0 saturated carbocycles. The molecule has 1 aliphatic heterocycles. The minimum atomic E-state index is 0.0148. The minimum absolute atomic E-state index is 0.0148. The number of ether oxygens (including phenoxy) is 1. The first-order chi connectivity index (χ1) is 15.6. The molecule has 0 spiro atoms. The van der Waals surface area contributed by atoms with Crippen molar-refractivity contribution in [2.45, 2.75) is 31.7 Å². The van der Waals surface area contributed by atoms with E-state index in [-0.39, 0.29) is 17.9 Å². The Bertz CT molecular complexity index is 1190. The smallest absolute Gasteiger partial charge is 0.209 e. The molecule has 3 unspecified atom stereocenters. The quantitative estimate of drug-likeness (QED) is 0.623. The number of benzene rings is 1. The highest BCUT2D eigenvalue weighted by Gasteiger charge is 2.30. The van der Waals surface area contributed by atoms with Crippen LogP contribution in [-0.4, -0.2) is 44.1 Å². The van der Waals surface area contributed by atoms with Crippen molar-refractivity contribution in [3.63, 3.8) is 0 Å². The zero-order chi connectivity index (χ0) is 22.1. The molecule has 2 N–H and O–H groups in total. The van der Waals surface area contributed by atoms with Gasteiger partial charge in [0.25, 0.3) is 0 Å². The molecule has 164 valence electrons. The van der Waals surface area contributed by atoms with Crippen LogP contribution >= 0.6 is 0 Å². The van der Waals surface area contributed by atoms with Crippen molar-refractivity contribution in [1.82, 2.24) is 24.6 Å². The SMILES string of the molecule is CC1C=C(Oc2ccccc2)C=CC1c1nn(C2CCCN(C=O)C2)c2ncnc(N)c12. The summed E-state index contributed by atoms with van der Waals surface area (Å²) in [7, 11) is 0. The molecule has 0 radical (unpaired) electrons. The number of fused-ring (bicyclic) bond motifs is 1. The van der Waals surface area contributed by atoms with E-state index in [2.05, 4.69) is 29.0 Å². The number of hydrogen-bond donors (Lipinski definition) is 1. The Kier molecular flexibility index (Phi) is 5.34. The molecule has 0 bridgehead atoms. The maximum atomic E-state index is 11.3. The fraction of sp³-hybridized carbons (Fsp3) is 0.333. The van der Waals surface area contributed by atoms with Gasteiger partial charge in [-0.25, -0.2) is 14.6 Å². The number of likely N-dealkylation sites (tertiary alicyclic amines) is 1. The number of para-hydroxylation sites is 1. The molecular weight excluding hydrogens is 404 g/mol. The van der Waals surface area contributed by atoms with Crippen LogP contribution in [0.2, 0.25) is 0 Å². The fourth-order valence-electron chi connectivity index (χ4n) is 4.61. The van der Waals surface area contributed by atoms with Gasteiger partial charge in [-0.2, -0.15) is 5.10 Å². The van der Waals surface area contributed by atoms with Crippen molar-refractivity contribution in [1.29, 1.82) is 0 Å². The Hall–Kier alpha value is -3.68. The van der Waals surface area contributed by atoms with Crippen LogP contribution in [0.3, 0.4) is 0 Å². The number of allylic oxidation sites excluding steroid dienone is 3. The van der Waals surface area contributed by atoms with E-state index in [0.717, 1.165) is 54.0 Å². The molecule has 3 heterocycles. The third-order valence-corrected chi connectivity index (χ3v) is 6.22. The van der Waals surface area contributed by atoms with Gasteiger partial charge in [-0.1, -0.05) is 31.2 Å². The van der Waals surface area contributed by atoms with Crippen molar-refractivity contribution in [3.05, 3.63) is 66.3 Å². The van der Waals surface area contributed by atoms with Gasteiger partial charge in [-0.15, -0.1) is 0 Å². The maximum Gasteiger partial charge on any atom is 0.209 e. The third-order valence-electron chi connectivity index (χ3n) is 6.22. The van der Waals surface area contributed by atoms with Crippen molar-refractivity contribution >= 4 is 23.3 Å². The van der Waals surface area contributed by atoms with Crippen LogP contribution < -0.4 is 10.5 Å². The number of carbonyl (C=O) groups excluding carboxylic acids is 1. The lowest BCUT2D eigenvalue weighted by atomic mass is 9.86. The van der Waals surface area contributed by atoms with E-state index in [1.165, 1.54) is 6.33 Å². The molecule has 2 aliphatic rings. The first-order valence-corrected chi connectivity index (χ1v) is 10.9. The van der Waals surface area contributed by atoms with Crippen molar-refractivity contribution in [3.8, 4) is 5.75 Å². The molecule has 1 aliphatic carbocycles. The fourth-order valence-corrected chi connectivity index (χ4v) is 4.61. The second-order valence-corrected chi connectivity index (χ2v) is 8.41. The monoisotopic (exact) mass is 430 g/mol. The maximum absolute atomic E-state index is 11.3. The van der Waals surface area contributed by atoms with Crippen LogP contribution in [0.5, 0.6) is 5.75 Å². The largest absolute Gasteiger partial charge is 0.458 e. The molecule has 1 aromatic carbocycles. The molecule has 1 saturated heterocycles. The molecular formula is C24H26N6O2. The molecule has 1 fully saturated rings. The van der Waals surface area contributed by atoms with Gasteiger partial charge in [-0.3, -0.25) is 4.79 Å². The van der Waals surface area contributed by atoms with E-state index in [9.17, 15) is 4.79 Å². The Morgan fingerprint density at radius 2 is 2.06 bits per heavy atom. The van der Waals surface area contributed by atoms with Crippen molar-refractivity contribution in [2.75, 3.05) is 18.8 Å². The van der Waals surface area contributed by atoms with Crippen molar-refractivity contribution in [2.24, 2.45) is 5.92 Å². The number of carbonyl (C=O) groups is 1. The predicted octanol–water partition coefficient (Wildman–Crippen LogP) is 3.45. The van der Waals surface area contributed by atoms with E-state index in [1.807, 2.05) is 41.1 Å². The zero-order valence-corrected chi connectivity index (χ0v) is 18.0. The number of rotatable bonds is 5. The van der Waals surface area contributed by atoms with E-state index < -0.39 is 0 Å². The first-order valence-electron chi connectivity index (χ1n) is 10.9. The summed E-state index contributed by atoms with van der Waals surface area (Å²) in [5.41, 5.74) is 7.88. The van der Waals surface area contributed by atoms with Gasteiger partial charge < -0.3 is 15.4 Å². The first kappa shape index (κ1) is 20.2. The number of hydrogen-bond acceptors (Lipinski definition) is 6. The van der Waals surface area contributed by atoms with Gasteiger partial charge in [-0.05, 0) is 43.0 Å². The molecule has 32 heavy (non-hydrogen) atoms. The summed E-state index contributed by atoms with van der Waals surface area (Å²) in [6.45, 7) is 3.54. The van der Waals surface area contributed by atoms with Gasteiger partial charge >= 0.3 is 0 Å². The number of piperidine rings is 1. The Balaban J connectivity index is 1.48. The van der Waals surface area contributed by atoms with Crippen molar-refractivity contribution < 1.29 is 9.53 Å². The number of nitrogen functional groups attached to an aromatic ring is 1. The average Bonchev–Trinajstić information content (AvgIpc) is 3.21. The topological polar surface area (TPSA) is 99.2 Å². The summed E-state index contributed by atoms with van der Waals surface area (Å²) < 4.78 is 7.95. The Morgan fingerprint density at radius 1 is 1.22 bits per heavy atom. The minimum Gasteiger partial charge on any atom is -0.458 e. The number of amides is 1. The standard InChI is InChI=1S/C24H26N6O2/c1-16-12-19(32-18-7-3-2-4-8-18)9-10-20(16)22-21-23(25)26-14-27-24(21)30(28-22)17-6-5-11-29(13-17)15-31/h2-4,7-10,12,14-17,20H,5-6,11,13H2,1H3,(H2,25,26,27). The molecule has 1 amide bonds.